The van der Waals surface area contributed by atoms with E-state index in [-0.39, 0.29) is 30.9 Å². The first-order valence-corrected chi connectivity index (χ1v) is 15.0. The number of urea groups is 1. The summed E-state index contributed by atoms with van der Waals surface area (Å²) < 4.78 is 0. The monoisotopic (exact) mass is 604 g/mol. The van der Waals surface area contributed by atoms with Crippen molar-refractivity contribution in [2.24, 2.45) is 4.99 Å². The fourth-order valence-electron chi connectivity index (χ4n) is 6.80. The van der Waals surface area contributed by atoms with Crippen LogP contribution in [0.3, 0.4) is 0 Å². The Morgan fingerprint density at radius 1 is 0.956 bits per heavy atom. The van der Waals surface area contributed by atoms with Crippen molar-refractivity contribution in [2.45, 2.75) is 51.5 Å². The molecule has 2 aromatic carbocycles. The van der Waals surface area contributed by atoms with Crippen LogP contribution in [-0.4, -0.2) is 109 Å². The van der Waals surface area contributed by atoms with Crippen molar-refractivity contribution in [3.05, 3.63) is 71.2 Å². The number of benzene rings is 2. The third kappa shape index (κ3) is 4.58. The van der Waals surface area contributed by atoms with Gasteiger partial charge in [-0.15, -0.1) is 5.92 Å². The number of piperidine rings is 1. The average Bonchev–Trinajstić information content (AvgIpc) is 3.56. The Balaban J connectivity index is 1.16. The van der Waals surface area contributed by atoms with E-state index in [2.05, 4.69) is 21.8 Å². The fourth-order valence-corrected chi connectivity index (χ4v) is 6.80. The van der Waals surface area contributed by atoms with Crippen molar-refractivity contribution < 1.29 is 19.2 Å². The summed E-state index contributed by atoms with van der Waals surface area (Å²) in [6.45, 7) is 4.73. The maximum Gasteiger partial charge on any atom is 0.328 e. The summed E-state index contributed by atoms with van der Waals surface area (Å²) in [5, 5.41) is 0.911. The van der Waals surface area contributed by atoms with E-state index in [0.29, 0.717) is 48.8 Å². The summed E-state index contributed by atoms with van der Waals surface area (Å²) in [5.74, 6) is 5.90. The number of amides is 5. The van der Waals surface area contributed by atoms with Crippen LogP contribution in [0.15, 0.2) is 53.5 Å². The standard InChI is InChI=1S/C33H32N8O4/c1-4-5-17-39-27-28(37(3)33(45)40(31(27)44)19-26-34-20(2)22-12-8-9-15-25(22)35-26)36-32(39)38-16-10-11-21(18-38)41-29(42)23-13-6-7-14-24(23)30(41)43/h6-9,12-15,21,27-28H,10-11,16-19H2,1-3H3/t21-,27?,28?/m1/s1. The molecule has 3 atom stereocenters. The molecule has 12 heteroatoms. The van der Waals surface area contributed by atoms with Crippen molar-refractivity contribution in [2.75, 3.05) is 26.7 Å². The van der Waals surface area contributed by atoms with Crippen LogP contribution < -0.4 is 0 Å². The summed E-state index contributed by atoms with van der Waals surface area (Å²) in [4.78, 5) is 76.3. The first-order chi connectivity index (χ1) is 21.8. The highest BCUT2D eigenvalue weighted by Crippen LogP contribution is 2.33. The molecule has 2 saturated heterocycles. The van der Waals surface area contributed by atoms with Crippen LogP contribution in [0, 0.1) is 18.8 Å². The van der Waals surface area contributed by atoms with Crippen LogP contribution in [0.2, 0.25) is 0 Å². The molecule has 5 amide bonds. The number of hydrogen-bond donors (Lipinski definition) is 0. The van der Waals surface area contributed by atoms with Crippen LogP contribution in [0.4, 0.5) is 4.79 Å². The number of nitrogens with zero attached hydrogens (tertiary/aromatic N) is 8. The van der Waals surface area contributed by atoms with Gasteiger partial charge in [0, 0.05) is 31.2 Å². The Labute approximate surface area is 260 Å². The Morgan fingerprint density at radius 3 is 2.40 bits per heavy atom. The molecule has 2 unspecified atom stereocenters. The topological polar surface area (TPSA) is 123 Å². The van der Waals surface area contributed by atoms with Crippen molar-refractivity contribution in [1.29, 1.82) is 0 Å². The van der Waals surface area contributed by atoms with Gasteiger partial charge in [-0.25, -0.2) is 19.8 Å². The van der Waals surface area contributed by atoms with E-state index >= 15 is 0 Å². The van der Waals surface area contributed by atoms with Crippen LogP contribution in [0.5, 0.6) is 0 Å². The van der Waals surface area contributed by atoms with Crippen LogP contribution in [-0.2, 0) is 11.3 Å². The molecule has 0 saturated carbocycles. The van der Waals surface area contributed by atoms with E-state index in [1.54, 1.807) is 38.2 Å². The van der Waals surface area contributed by atoms with E-state index in [0.717, 1.165) is 16.6 Å². The van der Waals surface area contributed by atoms with Crippen LogP contribution >= 0.6 is 0 Å². The number of guanidine groups is 1. The molecule has 0 aliphatic carbocycles. The van der Waals surface area contributed by atoms with Gasteiger partial charge in [0.25, 0.3) is 17.7 Å². The summed E-state index contributed by atoms with van der Waals surface area (Å²) in [6.07, 6.45) is 0.620. The molecule has 12 nitrogen and oxygen atoms in total. The Bertz CT molecular complexity index is 1830. The zero-order valence-corrected chi connectivity index (χ0v) is 25.3. The number of fused-ring (bicyclic) bond motifs is 3. The molecule has 228 valence electrons. The van der Waals surface area contributed by atoms with Crippen LogP contribution in [0.1, 0.15) is 52.0 Å². The number of aromatic nitrogens is 2. The van der Waals surface area contributed by atoms with Gasteiger partial charge in [0.1, 0.15) is 5.82 Å². The summed E-state index contributed by atoms with van der Waals surface area (Å²) >= 11 is 0. The number of imide groups is 2. The molecule has 5 heterocycles. The summed E-state index contributed by atoms with van der Waals surface area (Å²) in [5.41, 5.74) is 2.34. The second-order valence-corrected chi connectivity index (χ2v) is 11.7. The number of para-hydroxylation sites is 1. The minimum absolute atomic E-state index is 0.0783. The first-order valence-electron chi connectivity index (χ1n) is 15.0. The van der Waals surface area contributed by atoms with Crippen molar-refractivity contribution in [3.63, 3.8) is 0 Å². The average molecular weight is 605 g/mol. The number of carbonyl (C=O) groups excluding carboxylic acids is 4. The largest absolute Gasteiger partial charge is 0.341 e. The Hall–Kier alpha value is -5.31. The van der Waals surface area contributed by atoms with Gasteiger partial charge in [0.15, 0.2) is 12.2 Å². The maximum atomic E-state index is 14.1. The minimum Gasteiger partial charge on any atom is -0.341 e. The second kappa shape index (κ2) is 11.0. The highest BCUT2D eigenvalue weighted by molar-refractivity contribution is 6.21. The van der Waals surface area contributed by atoms with Crippen molar-refractivity contribution >= 4 is 40.6 Å². The summed E-state index contributed by atoms with van der Waals surface area (Å²) in [7, 11) is 1.64. The lowest BCUT2D eigenvalue weighted by atomic mass is 10.0. The zero-order chi connectivity index (χ0) is 31.4. The van der Waals surface area contributed by atoms with Gasteiger partial charge in [0.05, 0.1) is 35.8 Å². The first kappa shape index (κ1) is 28.5. The Kier molecular flexibility index (Phi) is 6.96. The van der Waals surface area contributed by atoms with Gasteiger partial charge in [-0.2, -0.15) is 0 Å². The molecule has 0 spiro atoms. The number of rotatable bonds is 4. The smallest absolute Gasteiger partial charge is 0.328 e. The molecule has 4 aliphatic heterocycles. The molecule has 0 radical (unpaired) electrons. The summed E-state index contributed by atoms with van der Waals surface area (Å²) in [6, 6.07) is 12.9. The number of carbonyl (C=O) groups is 4. The third-order valence-electron chi connectivity index (χ3n) is 9.01. The SMILES string of the molecule is CC#CCN1C(N2CCC[C@@H](N3C(=O)c4ccccc4C3=O)C2)=NC2C1C(=O)N(Cc1nc(C)c3ccccc3n1)C(=O)N2C. The highest BCUT2D eigenvalue weighted by Gasteiger charge is 2.53. The molecular formula is C33H32N8O4. The third-order valence-corrected chi connectivity index (χ3v) is 9.01. The van der Waals surface area contributed by atoms with E-state index in [1.165, 1.54) is 14.7 Å². The van der Waals surface area contributed by atoms with Crippen molar-refractivity contribution in [1.82, 2.24) is 34.5 Å². The second-order valence-electron chi connectivity index (χ2n) is 11.7. The van der Waals surface area contributed by atoms with E-state index in [4.69, 9.17) is 4.99 Å². The van der Waals surface area contributed by atoms with Crippen molar-refractivity contribution in [3.8, 4) is 11.8 Å². The normalized spacial score (nSPS) is 23.0. The quantitative estimate of drug-likeness (QED) is 0.329. The van der Waals surface area contributed by atoms with Gasteiger partial charge >= 0.3 is 6.03 Å². The molecule has 4 aliphatic rings. The molecule has 45 heavy (non-hydrogen) atoms. The minimum atomic E-state index is -0.801. The molecule has 1 aromatic heterocycles. The molecule has 0 N–H and O–H groups in total. The lowest BCUT2D eigenvalue weighted by Crippen LogP contribution is -2.65. The van der Waals surface area contributed by atoms with E-state index in [1.807, 2.05) is 41.0 Å². The molecule has 0 bridgehead atoms. The number of likely N-dealkylation sites (N-methyl/N-ethyl adjacent to an activating group) is 1. The molecule has 2 fully saturated rings. The van der Waals surface area contributed by atoms with Gasteiger partial charge < -0.3 is 14.7 Å². The Morgan fingerprint density at radius 2 is 1.67 bits per heavy atom. The number of hydrogen-bond acceptors (Lipinski definition) is 9. The molecular weight excluding hydrogens is 572 g/mol. The maximum absolute atomic E-state index is 14.1. The van der Waals surface area contributed by atoms with Gasteiger partial charge in [-0.3, -0.25) is 24.2 Å². The number of aliphatic imine (C=N–C) groups is 1. The predicted molar refractivity (Wildman–Crippen MR) is 165 cm³/mol. The van der Waals surface area contributed by atoms with E-state index in [9.17, 15) is 19.2 Å². The number of likely N-dealkylation sites (tertiary alicyclic amines) is 1. The predicted octanol–water partition coefficient (Wildman–Crippen LogP) is 2.48. The van der Waals surface area contributed by atoms with E-state index < -0.39 is 24.1 Å². The lowest BCUT2D eigenvalue weighted by Gasteiger charge is -2.42. The van der Waals surface area contributed by atoms with Gasteiger partial charge in [0.2, 0.25) is 5.96 Å². The fraction of sp³-hybridized carbons (Fsp3) is 0.364. The zero-order valence-electron chi connectivity index (χ0n) is 25.3. The van der Waals surface area contributed by atoms with Crippen LogP contribution in [0.25, 0.3) is 10.9 Å². The molecule has 3 aromatic rings. The number of aryl methyl sites for hydroxylation is 1. The molecule has 7 rings (SSSR count). The van der Waals surface area contributed by atoms with Gasteiger partial charge in [-0.1, -0.05) is 36.3 Å². The lowest BCUT2D eigenvalue weighted by molar-refractivity contribution is -0.138. The van der Waals surface area contributed by atoms with Gasteiger partial charge in [-0.05, 0) is 44.9 Å². The highest BCUT2D eigenvalue weighted by atomic mass is 16.2.